The average molecular weight is 386 g/mol. The first-order chi connectivity index (χ1) is 12.1. The zero-order valence-electron chi connectivity index (χ0n) is 14.6. The van der Waals surface area contributed by atoms with Crippen molar-refractivity contribution in [3.8, 4) is 5.69 Å². The molecule has 0 spiro atoms. The fraction of sp³-hybridized carbons (Fsp3) is 0.200. The predicted molar refractivity (Wildman–Crippen MR) is 102 cm³/mol. The van der Waals surface area contributed by atoms with Crippen molar-refractivity contribution in [2.75, 3.05) is 10.2 Å². The molecule has 26 heavy (non-hydrogen) atoms. The number of anilines is 2. The quantitative estimate of drug-likeness (QED) is 0.630. The van der Waals surface area contributed by atoms with Crippen molar-refractivity contribution in [2.45, 2.75) is 26.3 Å². The number of carbonyl (C=O) groups is 1. The van der Waals surface area contributed by atoms with Gasteiger partial charge < -0.3 is 17.7 Å². The van der Waals surface area contributed by atoms with Gasteiger partial charge in [0.2, 0.25) is 10.7 Å². The first-order valence-electron chi connectivity index (χ1n) is 8.39. The van der Waals surface area contributed by atoms with Crippen molar-refractivity contribution in [1.82, 2.24) is 0 Å². The number of hydrogen-bond donors (Lipinski definition) is 1. The predicted octanol–water partition coefficient (Wildman–Crippen LogP) is 1.32. The number of rotatable bonds is 1. The molecule has 6 heteroatoms. The maximum absolute atomic E-state index is 13.1. The number of aromatic nitrogens is 1. The Balaban J connectivity index is 0.00000196. The number of nitrogens with one attached hydrogen (secondary N) is 1. The molecule has 4 nitrogen and oxygen atoms in total. The minimum absolute atomic E-state index is 0. The van der Waals surface area contributed by atoms with E-state index in [1.54, 1.807) is 11.3 Å². The van der Waals surface area contributed by atoms with E-state index in [0.717, 1.165) is 23.5 Å². The number of benzene rings is 2. The summed E-state index contributed by atoms with van der Waals surface area (Å²) in [5, 5.41) is 6.48. The van der Waals surface area contributed by atoms with Gasteiger partial charge in [0, 0.05) is 24.7 Å². The topological polar surface area (TPSA) is 36.2 Å². The molecule has 2 aromatic carbocycles. The molecule has 0 radical (unpaired) electrons. The number of hydrogen-bond acceptors (Lipinski definition) is 2. The molecule has 0 saturated heterocycles. The van der Waals surface area contributed by atoms with Crippen LogP contribution in [-0.4, -0.2) is 12.1 Å². The van der Waals surface area contributed by atoms with Crippen LogP contribution in [0.15, 0.2) is 60.0 Å². The van der Waals surface area contributed by atoms with Gasteiger partial charge in [-0.25, -0.2) is 4.79 Å². The Morgan fingerprint density at radius 3 is 2.62 bits per heavy atom. The van der Waals surface area contributed by atoms with Crippen LogP contribution in [-0.2, 0) is 6.42 Å². The Labute approximate surface area is 163 Å². The van der Waals surface area contributed by atoms with Crippen molar-refractivity contribution < 1.29 is 21.8 Å². The Morgan fingerprint density at radius 2 is 1.85 bits per heavy atom. The molecule has 1 aliphatic rings. The number of amides is 2. The number of aryl methyl sites for hydroxylation is 1. The van der Waals surface area contributed by atoms with Crippen LogP contribution in [0.5, 0.6) is 0 Å². The summed E-state index contributed by atoms with van der Waals surface area (Å²) in [6.07, 6.45) is 0.829. The number of halogens is 1. The summed E-state index contributed by atoms with van der Waals surface area (Å²) in [6, 6.07) is 17.7. The van der Waals surface area contributed by atoms with Crippen molar-refractivity contribution in [2.24, 2.45) is 0 Å². The Bertz CT molecular complexity index is 926. The lowest BCUT2D eigenvalue weighted by Crippen LogP contribution is -3.00. The van der Waals surface area contributed by atoms with Gasteiger partial charge in [-0.05, 0) is 25.1 Å². The van der Waals surface area contributed by atoms with Gasteiger partial charge in [0.25, 0.3) is 0 Å². The highest BCUT2D eigenvalue weighted by Crippen LogP contribution is 2.30. The second-order valence-electron chi connectivity index (χ2n) is 6.31. The third-order valence-corrected chi connectivity index (χ3v) is 5.58. The van der Waals surface area contributed by atoms with Gasteiger partial charge in [0.15, 0.2) is 5.69 Å². The van der Waals surface area contributed by atoms with E-state index >= 15 is 0 Å². The van der Waals surface area contributed by atoms with Crippen LogP contribution in [0.25, 0.3) is 5.69 Å². The minimum Gasteiger partial charge on any atom is -1.00 e. The number of carbonyl (C=O) groups excluding carboxylic acids is 1. The van der Waals surface area contributed by atoms with Gasteiger partial charge >= 0.3 is 6.03 Å². The zero-order valence-corrected chi connectivity index (χ0v) is 16.2. The summed E-state index contributed by atoms with van der Waals surface area (Å²) in [6.45, 7) is 4.22. The van der Waals surface area contributed by atoms with Crippen LogP contribution < -0.4 is 27.2 Å². The molecule has 1 aliphatic heterocycles. The summed E-state index contributed by atoms with van der Waals surface area (Å²) in [7, 11) is 0. The molecule has 2 amide bonds. The first kappa shape index (κ1) is 18.4. The fourth-order valence-electron chi connectivity index (χ4n) is 3.37. The van der Waals surface area contributed by atoms with Crippen LogP contribution in [0.2, 0.25) is 0 Å². The molecule has 0 fully saturated rings. The number of thiazole rings is 1. The standard InChI is InChI=1S/C20H19N3OS.ClH/c1-14-12-19-22(15(2)13-25-19)17-10-6-7-11-18(17)23(14)20(24)21-16-8-4-3-5-9-16;/h3-11,13-14H,12H2,1-2H3;1H. The molecule has 0 bridgehead atoms. The molecule has 1 aromatic heterocycles. The van der Waals surface area contributed by atoms with Crippen molar-refractivity contribution >= 4 is 28.7 Å². The number of para-hydroxylation sites is 3. The molecular weight excluding hydrogens is 366 g/mol. The molecule has 1 N–H and O–H groups in total. The molecule has 4 rings (SSSR count). The summed E-state index contributed by atoms with van der Waals surface area (Å²) in [4.78, 5) is 14.9. The lowest BCUT2D eigenvalue weighted by Gasteiger charge is -2.26. The molecular formula is C20H20ClN3OS. The Hall–Kier alpha value is -2.37. The smallest absolute Gasteiger partial charge is 0.326 e. The van der Waals surface area contributed by atoms with Crippen LogP contribution in [0.4, 0.5) is 16.2 Å². The molecule has 134 valence electrons. The maximum Gasteiger partial charge on any atom is 0.326 e. The SMILES string of the molecule is Cc1csc2[n+]1-c1ccccc1N(C(=O)Nc1ccccc1)C(C)C2.[Cl-]. The summed E-state index contributed by atoms with van der Waals surface area (Å²) in [5.74, 6) is 0. The van der Waals surface area contributed by atoms with Crippen LogP contribution in [0, 0.1) is 6.92 Å². The lowest BCUT2D eigenvalue weighted by molar-refractivity contribution is -0.603. The third kappa shape index (κ3) is 3.20. The molecule has 1 atom stereocenters. The highest BCUT2D eigenvalue weighted by molar-refractivity contribution is 7.09. The van der Waals surface area contributed by atoms with Gasteiger partial charge in [-0.3, -0.25) is 4.90 Å². The maximum atomic E-state index is 13.1. The summed E-state index contributed by atoms with van der Waals surface area (Å²) >= 11 is 1.75. The van der Waals surface area contributed by atoms with Crippen molar-refractivity contribution in [3.63, 3.8) is 0 Å². The fourth-order valence-corrected chi connectivity index (χ4v) is 4.47. The van der Waals surface area contributed by atoms with Crippen molar-refractivity contribution in [1.29, 1.82) is 0 Å². The largest absolute Gasteiger partial charge is 1.00 e. The van der Waals surface area contributed by atoms with E-state index in [1.165, 1.54) is 10.7 Å². The Kier molecular flexibility index (Phi) is 5.30. The lowest BCUT2D eigenvalue weighted by atomic mass is 10.2. The normalized spacial score (nSPS) is 15.3. The minimum atomic E-state index is -0.0976. The second-order valence-corrected chi connectivity index (χ2v) is 7.26. The van der Waals surface area contributed by atoms with Gasteiger partial charge in [0.05, 0.1) is 11.8 Å². The third-order valence-electron chi connectivity index (χ3n) is 4.50. The van der Waals surface area contributed by atoms with Crippen LogP contribution in [0.1, 0.15) is 17.6 Å². The van der Waals surface area contributed by atoms with Crippen LogP contribution in [0.3, 0.4) is 0 Å². The van der Waals surface area contributed by atoms with Crippen LogP contribution >= 0.6 is 11.3 Å². The molecule has 3 aromatic rings. The summed E-state index contributed by atoms with van der Waals surface area (Å²) < 4.78 is 2.27. The monoisotopic (exact) mass is 385 g/mol. The zero-order chi connectivity index (χ0) is 17.4. The number of urea groups is 1. The van der Waals surface area contributed by atoms with E-state index in [0.29, 0.717) is 0 Å². The molecule has 0 saturated carbocycles. The van der Waals surface area contributed by atoms with E-state index in [-0.39, 0.29) is 24.5 Å². The highest BCUT2D eigenvalue weighted by Gasteiger charge is 2.36. The van der Waals surface area contributed by atoms with E-state index in [9.17, 15) is 4.79 Å². The molecule has 0 aliphatic carbocycles. The van der Waals surface area contributed by atoms with E-state index in [2.05, 4.69) is 35.2 Å². The number of fused-ring (bicyclic) bond motifs is 3. The van der Waals surface area contributed by atoms with Gasteiger partial charge in [-0.2, -0.15) is 0 Å². The number of nitrogens with zero attached hydrogens (tertiary/aromatic N) is 2. The highest BCUT2D eigenvalue weighted by atomic mass is 35.5. The van der Waals surface area contributed by atoms with E-state index in [4.69, 9.17) is 0 Å². The average Bonchev–Trinajstić information content (AvgIpc) is 2.90. The van der Waals surface area contributed by atoms with Gasteiger partial charge in [-0.15, -0.1) is 4.57 Å². The van der Waals surface area contributed by atoms with Gasteiger partial charge in [0.1, 0.15) is 5.69 Å². The molecule has 1 unspecified atom stereocenters. The van der Waals surface area contributed by atoms with E-state index < -0.39 is 0 Å². The van der Waals surface area contributed by atoms with Gasteiger partial charge in [-0.1, -0.05) is 41.7 Å². The summed E-state index contributed by atoms with van der Waals surface area (Å²) in [5.41, 5.74) is 4.00. The molecule has 2 heterocycles. The van der Waals surface area contributed by atoms with Crippen molar-refractivity contribution in [3.05, 3.63) is 70.7 Å². The Morgan fingerprint density at radius 1 is 1.15 bits per heavy atom. The second kappa shape index (κ2) is 7.48. The van der Waals surface area contributed by atoms with E-state index in [1.807, 2.05) is 53.4 Å². The first-order valence-corrected chi connectivity index (χ1v) is 9.27.